The van der Waals surface area contributed by atoms with Gasteiger partial charge in [0.15, 0.2) is 0 Å². The van der Waals surface area contributed by atoms with Crippen molar-refractivity contribution in [2.45, 2.75) is 40.2 Å². The first kappa shape index (κ1) is 13.6. The van der Waals surface area contributed by atoms with Crippen molar-refractivity contribution < 1.29 is 4.79 Å². The summed E-state index contributed by atoms with van der Waals surface area (Å²) in [6.45, 7) is 8.19. The van der Waals surface area contributed by atoms with Gasteiger partial charge in [0.25, 0.3) is 5.91 Å². The van der Waals surface area contributed by atoms with Gasteiger partial charge < -0.3 is 11.1 Å². The highest BCUT2D eigenvalue weighted by Crippen LogP contribution is 2.15. The van der Waals surface area contributed by atoms with Crippen molar-refractivity contribution >= 4 is 11.6 Å². The first-order valence-electron chi connectivity index (χ1n) is 6.07. The molecule has 1 aromatic rings. The number of anilines is 1. The molecule has 0 fully saturated rings. The van der Waals surface area contributed by atoms with E-state index < -0.39 is 0 Å². The molecule has 3 N–H and O–H groups in total. The van der Waals surface area contributed by atoms with Crippen LogP contribution in [0.5, 0.6) is 0 Å². The Balaban J connectivity index is 2.73. The van der Waals surface area contributed by atoms with Crippen molar-refractivity contribution in [1.82, 2.24) is 5.32 Å². The Morgan fingerprint density at radius 1 is 1.35 bits per heavy atom. The number of rotatable bonds is 4. The lowest BCUT2D eigenvalue weighted by molar-refractivity contribution is 0.0935. The van der Waals surface area contributed by atoms with E-state index in [9.17, 15) is 4.79 Å². The third kappa shape index (κ3) is 3.77. The molecule has 1 atom stereocenters. The first-order chi connectivity index (χ1) is 7.91. The summed E-state index contributed by atoms with van der Waals surface area (Å²) in [6, 6.07) is 5.61. The minimum absolute atomic E-state index is 0.0389. The summed E-state index contributed by atoms with van der Waals surface area (Å²) in [5.74, 6) is 0.537. The number of nitrogen functional groups attached to an aromatic ring is 1. The van der Waals surface area contributed by atoms with E-state index in [1.165, 1.54) is 0 Å². The van der Waals surface area contributed by atoms with Crippen LogP contribution in [0.3, 0.4) is 0 Å². The van der Waals surface area contributed by atoms with Crippen LogP contribution in [-0.2, 0) is 0 Å². The summed E-state index contributed by atoms with van der Waals surface area (Å²) in [5, 5.41) is 3.00. The monoisotopic (exact) mass is 234 g/mol. The van der Waals surface area contributed by atoms with Crippen molar-refractivity contribution in [3.05, 3.63) is 29.3 Å². The van der Waals surface area contributed by atoms with Gasteiger partial charge in [-0.1, -0.05) is 19.9 Å². The second kappa shape index (κ2) is 5.71. The number of benzene rings is 1. The van der Waals surface area contributed by atoms with Gasteiger partial charge in [-0.05, 0) is 43.9 Å². The summed E-state index contributed by atoms with van der Waals surface area (Å²) in [4.78, 5) is 12.0. The zero-order valence-electron chi connectivity index (χ0n) is 11.1. The SMILES string of the molecule is Cc1c(N)cccc1C(=O)NC(C)CC(C)C. The van der Waals surface area contributed by atoms with Gasteiger partial charge in [0.1, 0.15) is 0 Å². The molecule has 3 heteroatoms. The van der Waals surface area contributed by atoms with Crippen LogP contribution in [0, 0.1) is 12.8 Å². The fraction of sp³-hybridized carbons (Fsp3) is 0.500. The van der Waals surface area contributed by atoms with Crippen molar-refractivity contribution in [3.8, 4) is 0 Å². The number of hydrogen-bond donors (Lipinski definition) is 2. The topological polar surface area (TPSA) is 55.1 Å². The molecule has 0 aliphatic heterocycles. The van der Waals surface area contributed by atoms with Gasteiger partial charge in [0, 0.05) is 17.3 Å². The molecule has 0 saturated heterocycles. The summed E-state index contributed by atoms with van der Waals surface area (Å²) >= 11 is 0. The third-order valence-corrected chi connectivity index (χ3v) is 2.82. The highest BCUT2D eigenvalue weighted by Gasteiger charge is 2.13. The Hall–Kier alpha value is -1.51. The Kier molecular flexibility index (Phi) is 4.55. The van der Waals surface area contributed by atoms with Gasteiger partial charge in [-0.25, -0.2) is 0 Å². The van der Waals surface area contributed by atoms with Crippen LogP contribution >= 0.6 is 0 Å². The fourth-order valence-corrected chi connectivity index (χ4v) is 1.97. The molecular formula is C14H22N2O. The molecule has 17 heavy (non-hydrogen) atoms. The minimum atomic E-state index is -0.0389. The molecule has 0 spiro atoms. The Labute approximate surface area is 103 Å². The van der Waals surface area contributed by atoms with Crippen molar-refractivity contribution in [3.63, 3.8) is 0 Å². The zero-order valence-corrected chi connectivity index (χ0v) is 11.1. The van der Waals surface area contributed by atoms with E-state index in [0.29, 0.717) is 17.2 Å². The lowest BCUT2D eigenvalue weighted by Gasteiger charge is -2.17. The maximum Gasteiger partial charge on any atom is 0.251 e. The van der Waals surface area contributed by atoms with Crippen LogP contribution < -0.4 is 11.1 Å². The predicted octanol–water partition coefficient (Wildman–Crippen LogP) is 2.74. The number of hydrogen-bond acceptors (Lipinski definition) is 2. The summed E-state index contributed by atoms with van der Waals surface area (Å²) < 4.78 is 0. The van der Waals surface area contributed by atoms with Gasteiger partial charge in [0.05, 0.1) is 0 Å². The van der Waals surface area contributed by atoms with E-state index >= 15 is 0 Å². The average molecular weight is 234 g/mol. The lowest BCUT2D eigenvalue weighted by atomic mass is 10.0. The van der Waals surface area contributed by atoms with Gasteiger partial charge in [0.2, 0.25) is 0 Å². The largest absolute Gasteiger partial charge is 0.398 e. The molecule has 0 radical (unpaired) electrons. The average Bonchev–Trinajstić information content (AvgIpc) is 2.20. The maximum atomic E-state index is 12.0. The lowest BCUT2D eigenvalue weighted by Crippen LogP contribution is -2.33. The Morgan fingerprint density at radius 2 is 2.00 bits per heavy atom. The molecule has 0 saturated carbocycles. The van der Waals surface area contributed by atoms with Crippen LogP contribution in [0.15, 0.2) is 18.2 Å². The van der Waals surface area contributed by atoms with Crippen LogP contribution in [0.4, 0.5) is 5.69 Å². The first-order valence-corrected chi connectivity index (χ1v) is 6.07. The van der Waals surface area contributed by atoms with Crippen LogP contribution in [0.2, 0.25) is 0 Å². The molecule has 0 aliphatic rings. The normalized spacial score (nSPS) is 12.5. The van der Waals surface area contributed by atoms with Gasteiger partial charge >= 0.3 is 0 Å². The quantitative estimate of drug-likeness (QED) is 0.787. The van der Waals surface area contributed by atoms with Crippen molar-refractivity contribution in [2.24, 2.45) is 5.92 Å². The second-order valence-electron chi connectivity index (χ2n) is 5.02. The van der Waals surface area contributed by atoms with Gasteiger partial charge in [-0.3, -0.25) is 4.79 Å². The van der Waals surface area contributed by atoms with E-state index in [4.69, 9.17) is 5.73 Å². The number of nitrogens with two attached hydrogens (primary N) is 1. The maximum absolute atomic E-state index is 12.0. The number of carbonyl (C=O) groups excluding carboxylic acids is 1. The smallest absolute Gasteiger partial charge is 0.251 e. The molecule has 1 rings (SSSR count). The van der Waals surface area contributed by atoms with E-state index in [0.717, 1.165) is 12.0 Å². The van der Waals surface area contributed by atoms with E-state index in [1.807, 2.05) is 32.0 Å². The molecule has 94 valence electrons. The minimum Gasteiger partial charge on any atom is -0.398 e. The van der Waals surface area contributed by atoms with E-state index in [-0.39, 0.29) is 11.9 Å². The molecule has 1 unspecified atom stereocenters. The second-order valence-corrected chi connectivity index (χ2v) is 5.02. The van der Waals surface area contributed by atoms with Crippen LogP contribution in [-0.4, -0.2) is 11.9 Å². The van der Waals surface area contributed by atoms with Gasteiger partial charge in [-0.15, -0.1) is 0 Å². The summed E-state index contributed by atoms with van der Waals surface area (Å²) in [5.41, 5.74) is 7.97. The van der Waals surface area contributed by atoms with E-state index in [1.54, 1.807) is 0 Å². The third-order valence-electron chi connectivity index (χ3n) is 2.82. The molecule has 1 amide bonds. The molecule has 1 aromatic carbocycles. The predicted molar refractivity (Wildman–Crippen MR) is 72.0 cm³/mol. The standard InChI is InChI=1S/C14H22N2O/c1-9(2)8-10(3)16-14(17)12-6-5-7-13(15)11(12)4/h5-7,9-10H,8,15H2,1-4H3,(H,16,17). The number of carbonyl (C=O) groups is 1. The summed E-state index contributed by atoms with van der Waals surface area (Å²) in [7, 11) is 0. The van der Waals surface area contributed by atoms with Crippen LogP contribution in [0.25, 0.3) is 0 Å². The molecule has 0 heterocycles. The Bertz CT molecular complexity index is 399. The number of amides is 1. The molecule has 3 nitrogen and oxygen atoms in total. The van der Waals surface area contributed by atoms with Crippen LogP contribution in [0.1, 0.15) is 43.1 Å². The molecular weight excluding hydrogens is 212 g/mol. The zero-order chi connectivity index (χ0) is 13.0. The number of nitrogens with one attached hydrogen (secondary N) is 1. The van der Waals surface area contributed by atoms with E-state index in [2.05, 4.69) is 19.2 Å². The fourth-order valence-electron chi connectivity index (χ4n) is 1.97. The highest BCUT2D eigenvalue weighted by atomic mass is 16.1. The molecule has 0 bridgehead atoms. The highest BCUT2D eigenvalue weighted by molar-refractivity contribution is 5.97. The van der Waals surface area contributed by atoms with Gasteiger partial charge in [-0.2, -0.15) is 0 Å². The Morgan fingerprint density at radius 3 is 2.59 bits per heavy atom. The van der Waals surface area contributed by atoms with Crippen molar-refractivity contribution in [2.75, 3.05) is 5.73 Å². The summed E-state index contributed by atoms with van der Waals surface area (Å²) in [6.07, 6.45) is 0.979. The molecule has 0 aliphatic carbocycles. The van der Waals surface area contributed by atoms with Crippen molar-refractivity contribution in [1.29, 1.82) is 0 Å². The molecule has 0 aromatic heterocycles.